The normalized spacial score (nSPS) is 14.2. The number of aromatic nitrogens is 1. The third kappa shape index (κ3) is 5.36. The van der Waals surface area contributed by atoms with Gasteiger partial charge in [-0.05, 0) is 73.5 Å². The summed E-state index contributed by atoms with van der Waals surface area (Å²) in [6, 6.07) is 20.9. The molecule has 36 heavy (non-hydrogen) atoms. The number of carbonyl (C=O) groups is 1. The maximum absolute atomic E-state index is 13.9. The average Bonchev–Trinajstić information content (AvgIpc) is 2.89. The lowest BCUT2D eigenvalue weighted by Gasteiger charge is -2.36. The van der Waals surface area contributed by atoms with E-state index < -0.39 is 17.5 Å². The number of rotatable bonds is 6. The number of anilines is 2. The van der Waals surface area contributed by atoms with E-state index in [0.29, 0.717) is 5.69 Å². The molecule has 1 saturated heterocycles. The van der Waals surface area contributed by atoms with Gasteiger partial charge >= 0.3 is 0 Å². The van der Waals surface area contributed by atoms with Crippen LogP contribution in [0.15, 0.2) is 72.8 Å². The fraction of sp³-hybridized carbons (Fsp3) is 0.241. The minimum absolute atomic E-state index is 0.310. The third-order valence-electron chi connectivity index (χ3n) is 6.64. The van der Waals surface area contributed by atoms with E-state index in [0.717, 1.165) is 74.1 Å². The van der Waals surface area contributed by atoms with E-state index in [1.807, 2.05) is 25.1 Å². The summed E-state index contributed by atoms with van der Waals surface area (Å²) < 4.78 is 27.4. The number of nitrogens with one attached hydrogen (secondary N) is 1. The predicted octanol–water partition coefficient (Wildman–Crippen LogP) is 5.44. The standard InChI is InChI=1S/C29H28F2N4O/c1-20-8-10-24-27(32-20)6-3-7-28(24)35-16-14-34(15-17-35)13-12-21-4-2-5-23(18-21)33-29(36)25-19-22(30)9-11-26(25)31/h2-11,18-19H,12-17H2,1H3,(H,33,36). The van der Waals surface area contributed by atoms with Crippen LogP contribution in [0.5, 0.6) is 0 Å². The van der Waals surface area contributed by atoms with Gasteiger partial charge in [0.15, 0.2) is 0 Å². The minimum Gasteiger partial charge on any atom is -0.368 e. The van der Waals surface area contributed by atoms with E-state index in [9.17, 15) is 13.6 Å². The molecular formula is C29H28F2N4O. The molecule has 0 spiro atoms. The van der Waals surface area contributed by atoms with Crippen LogP contribution in [0, 0.1) is 18.6 Å². The summed E-state index contributed by atoms with van der Waals surface area (Å²) in [6.07, 6.45) is 0.829. The molecule has 0 bridgehead atoms. The molecule has 1 amide bonds. The van der Waals surface area contributed by atoms with E-state index in [2.05, 4.69) is 50.4 Å². The Bertz CT molecular complexity index is 1400. The van der Waals surface area contributed by atoms with Crippen molar-refractivity contribution in [3.05, 3.63) is 101 Å². The van der Waals surface area contributed by atoms with Crippen molar-refractivity contribution in [3.63, 3.8) is 0 Å². The molecular weight excluding hydrogens is 458 g/mol. The first-order valence-corrected chi connectivity index (χ1v) is 12.2. The minimum atomic E-state index is -0.751. The van der Waals surface area contributed by atoms with Gasteiger partial charge in [0.2, 0.25) is 0 Å². The molecule has 1 aliphatic heterocycles. The Kier molecular flexibility index (Phi) is 6.91. The molecule has 0 saturated carbocycles. The second-order valence-electron chi connectivity index (χ2n) is 9.15. The highest BCUT2D eigenvalue weighted by Gasteiger charge is 2.19. The van der Waals surface area contributed by atoms with Gasteiger partial charge in [0.25, 0.3) is 5.91 Å². The molecule has 7 heteroatoms. The summed E-state index contributed by atoms with van der Waals surface area (Å²) in [6.45, 7) is 6.74. The van der Waals surface area contributed by atoms with E-state index in [4.69, 9.17) is 0 Å². The number of piperazine rings is 1. The Hall–Kier alpha value is -3.84. The topological polar surface area (TPSA) is 48.5 Å². The van der Waals surface area contributed by atoms with Crippen LogP contribution in [0.25, 0.3) is 10.9 Å². The van der Waals surface area contributed by atoms with Crippen molar-refractivity contribution >= 4 is 28.2 Å². The predicted molar refractivity (Wildman–Crippen MR) is 140 cm³/mol. The lowest BCUT2D eigenvalue weighted by Crippen LogP contribution is -2.47. The number of hydrogen-bond donors (Lipinski definition) is 1. The molecule has 0 unspecified atom stereocenters. The first-order valence-electron chi connectivity index (χ1n) is 12.2. The molecule has 1 N–H and O–H groups in total. The van der Waals surface area contributed by atoms with Crippen LogP contribution in [0.2, 0.25) is 0 Å². The Balaban J connectivity index is 1.17. The van der Waals surface area contributed by atoms with Crippen molar-refractivity contribution in [2.75, 3.05) is 42.9 Å². The monoisotopic (exact) mass is 486 g/mol. The largest absolute Gasteiger partial charge is 0.368 e. The van der Waals surface area contributed by atoms with Crippen LogP contribution in [-0.2, 0) is 6.42 Å². The quantitative estimate of drug-likeness (QED) is 0.394. The first-order chi connectivity index (χ1) is 17.5. The molecule has 5 rings (SSSR count). The van der Waals surface area contributed by atoms with Gasteiger partial charge in [-0.2, -0.15) is 0 Å². The maximum Gasteiger partial charge on any atom is 0.258 e. The van der Waals surface area contributed by atoms with Crippen LogP contribution in [0.4, 0.5) is 20.2 Å². The fourth-order valence-corrected chi connectivity index (χ4v) is 4.69. The van der Waals surface area contributed by atoms with Gasteiger partial charge in [-0.15, -0.1) is 0 Å². The van der Waals surface area contributed by atoms with Crippen molar-refractivity contribution in [2.24, 2.45) is 0 Å². The molecule has 5 nitrogen and oxygen atoms in total. The van der Waals surface area contributed by atoms with E-state index in [-0.39, 0.29) is 5.56 Å². The molecule has 0 atom stereocenters. The van der Waals surface area contributed by atoms with Crippen LogP contribution >= 0.6 is 0 Å². The molecule has 1 aromatic heterocycles. The zero-order valence-electron chi connectivity index (χ0n) is 20.2. The summed E-state index contributed by atoms with van der Waals surface area (Å²) in [7, 11) is 0. The third-order valence-corrected chi connectivity index (χ3v) is 6.64. The number of pyridine rings is 1. The van der Waals surface area contributed by atoms with Gasteiger partial charge < -0.3 is 10.2 Å². The first kappa shape index (κ1) is 23.9. The van der Waals surface area contributed by atoms with Crippen LogP contribution in [0.1, 0.15) is 21.6 Å². The van der Waals surface area contributed by atoms with Crippen molar-refractivity contribution in [3.8, 4) is 0 Å². The Labute approximate surface area is 209 Å². The number of fused-ring (bicyclic) bond motifs is 1. The van der Waals surface area contributed by atoms with Crippen molar-refractivity contribution in [1.82, 2.24) is 9.88 Å². The van der Waals surface area contributed by atoms with E-state index in [1.54, 1.807) is 6.07 Å². The molecule has 0 radical (unpaired) electrons. The van der Waals surface area contributed by atoms with Crippen molar-refractivity contribution in [1.29, 1.82) is 0 Å². The number of nitrogens with zero attached hydrogens (tertiary/aromatic N) is 3. The number of amides is 1. The summed E-state index contributed by atoms with van der Waals surface area (Å²) in [5.74, 6) is -2.07. The van der Waals surface area contributed by atoms with Gasteiger partial charge in [-0.1, -0.05) is 18.2 Å². The fourth-order valence-electron chi connectivity index (χ4n) is 4.69. The number of aryl methyl sites for hydroxylation is 1. The highest BCUT2D eigenvalue weighted by molar-refractivity contribution is 6.04. The molecule has 184 valence electrons. The van der Waals surface area contributed by atoms with Gasteiger partial charge in [-0.25, -0.2) is 8.78 Å². The summed E-state index contributed by atoms with van der Waals surface area (Å²) >= 11 is 0. The highest BCUT2D eigenvalue weighted by Crippen LogP contribution is 2.27. The molecule has 4 aromatic rings. The molecule has 1 fully saturated rings. The van der Waals surface area contributed by atoms with Crippen LogP contribution in [-0.4, -0.2) is 48.5 Å². The molecule has 2 heterocycles. The Morgan fingerprint density at radius 3 is 2.58 bits per heavy atom. The summed E-state index contributed by atoms with van der Waals surface area (Å²) in [4.78, 5) is 21.9. The zero-order valence-corrected chi connectivity index (χ0v) is 20.2. The maximum atomic E-state index is 13.9. The Morgan fingerprint density at radius 2 is 1.75 bits per heavy atom. The van der Waals surface area contributed by atoms with Crippen LogP contribution < -0.4 is 10.2 Å². The van der Waals surface area contributed by atoms with E-state index >= 15 is 0 Å². The second kappa shape index (κ2) is 10.4. The summed E-state index contributed by atoms with van der Waals surface area (Å²) in [5.41, 5.74) is 4.61. The number of halogens is 2. The molecule has 0 aliphatic carbocycles. The smallest absolute Gasteiger partial charge is 0.258 e. The number of hydrogen-bond acceptors (Lipinski definition) is 4. The van der Waals surface area contributed by atoms with Crippen LogP contribution in [0.3, 0.4) is 0 Å². The molecule has 1 aliphatic rings. The second-order valence-corrected chi connectivity index (χ2v) is 9.15. The van der Waals surface area contributed by atoms with Crippen molar-refractivity contribution < 1.29 is 13.6 Å². The Morgan fingerprint density at radius 1 is 0.944 bits per heavy atom. The molecule has 3 aromatic carbocycles. The number of carbonyl (C=O) groups excluding carboxylic acids is 1. The van der Waals surface area contributed by atoms with Gasteiger partial charge in [-0.3, -0.25) is 14.7 Å². The summed E-state index contributed by atoms with van der Waals surface area (Å²) in [5, 5.41) is 3.86. The van der Waals surface area contributed by atoms with Gasteiger partial charge in [0.1, 0.15) is 11.6 Å². The SMILES string of the molecule is Cc1ccc2c(N3CCN(CCc4cccc(NC(=O)c5cc(F)ccc5F)c4)CC3)cccc2n1. The van der Waals surface area contributed by atoms with Crippen molar-refractivity contribution in [2.45, 2.75) is 13.3 Å². The lowest BCUT2D eigenvalue weighted by atomic mass is 10.1. The number of benzene rings is 3. The average molecular weight is 487 g/mol. The highest BCUT2D eigenvalue weighted by atomic mass is 19.1. The zero-order chi connectivity index (χ0) is 25.1. The van der Waals surface area contributed by atoms with E-state index in [1.165, 1.54) is 11.1 Å². The lowest BCUT2D eigenvalue weighted by molar-refractivity contribution is 0.102. The van der Waals surface area contributed by atoms with Gasteiger partial charge in [0.05, 0.1) is 11.1 Å². The van der Waals surface area contributed by atoms with Gasteiger partial charge in [0, 0.05) is 55.2 Å².